The highest BCUT2D eigenvalue weighted by atomic mass is 16.5. The zero-order valence-corrected chi connectivity index (χ0v) is 16.3. The number of ether oxygens (including phenoxy) is 1. The van der Waals surface area contributed by atoms with Crippen LogP contribution in [-0.2, 0) is 6.54 Å². The molecule has 0 unspecified atom stereocenters. The van der Waals surface area contributed by atoms with E-state index >= 15 is 0 Å². The van der Waals surface area contributed by atoms with Gasteiger partial charge in [-0.3, -0.25) is 9.59 Å². The molecule has 4 rings (SSSR count). The van der Waals surface area contributed by atoms with Gasteiger partial charge in [-0.2, -0.15) is 0 Å². The first kappa shape index (κ1) is 18.0. The Kier molecular flexibility index (Phi) is 4.30. The Bertz CT molecular complexity index is 1120. The Balaban J connectivity index is 1.73. The summed E-state index contributed by atoms with van der Waals surface area (Å²) in [6.45, 7) is 6.13. The standard InChI is InChI=1S/C23H21NO4/c1-12-8-17-18(9-13(12)2)23-20(22(26)21(17)25)14(3)19(28-23)11-24-15-6-5-7-16(10-15)27-4/h5-10,24H,11H2,1-4H3. The molecule has 1 aromatic heterocycles. The van der Waals surface area contributed by atoms with E-state index in [4.69, 9.17) is 9.15 Å². The van der Waals surface area contributed by atoms with Gasteiger partial charge in [-0.1, -0.05) is 6.07 Å². The molecule has 0 atom stereocenters. The average Bonchev–Trinajstić information content (AvgIpc) is 3.03. The maximum absolute atomic E-state index is 12.7. The summed E-state index contributed by atoms with van der Waals surface area (Å²) < 4.78 is 11.3. The van der Waals surface area contributed by atoms with Crippen LogP contribution in [0.4, 0.5) is 5.69 Å². The van der Waals surface area contributed by atoms with Crippen molar-refractivity contribution in [1.29, 1.82) is 0 Å². The molecule has 2 aromatic carbocycles. The number of fused-ring (bicyclic) bond motifs is 3. The molecule has 0 bridgehead atoms. The lowest BCUT2D eigenvalue weighted by atomic mass is 9.85. The Morgan fingerprint density at radius 3 is 2.39 bits per heavy atom. The van der Waals surface area contributed by atoms with Gasteiger partial charge in [0.2, 0.25) is 11.6 Å². The molecule has 0 radical (unpaired) electrons. The molecule has 0 fully saturated rings. The second-order valence-electron chi connectivity index (χ2n) is 7.08. The van der Waals surface area contributed by atoms with Gasteiger partial charge in [0.05, 0.1) is 19.2 Å². The van der Waals surface area contributed by atoms with Crippen LogP contribution in [0.1, 0.15) is 43.2 Å². The van der Waals surface area contributed by atoms with Crippen molar-refractivity contribution in [2.24, 2.45) is 0 Å². The number of carbonyl (C=O) groups is 2. The van der Waals surface area contributed by atoms with E-state index in [0.29, 0.717) is 40.3 Å². The number of ketones is 2. The van der Waals surface area contributed by atoms with E-state index in [2.05, 4.69) is 5.32 Å². The van der Waals surface area contributed by atoms with E-state index in [1.54, 1.807) is 13.2 Å². The molecule has 0 spiro atoms. The van der Waals surface area contributed by atoms with E-state index in [9.17, 15) is 9.59 Å². The molecule has 5 nitrogen and oxygen atoms in total. The van der Waals surface area contributed by atoms with Crippen LogP contribution in [0.3, 0.4) is 0 Å². The van der Waals surface area contributed by atoms with E-state index < -0.39 is 11.6 Å². The Labute approximate surface area is 163 Å². The number of aryl methyl sites for hydroxylation is 2. The molecule has 1 N–H and O–H groups in total. The molecule has 0 amide bonds. The van der Waals surface area contributed by atoms with Crippen LogP contribution in [0.2, 0.25) is 0 Å². The molecule has 142 valence electrons. The summed E-state index contributed by atoms with van der Waals surface area (Å²) in [6, 6.07) is 11.3. The van der Waals surface area contributed by atoms with Gasteiger partial charge >= 0.3 is 0 Å². The SMILES string of the molecule is COc1cccc(NCc2oc3c(c2C)C(=O)C(=O)c2cc(C)c(C)cc2-3)c1. The Hall–Kier alpha value is -3.34. The molecule has 5 heteroatoms. The Morgan fingerprint density at radius 2 is 1.68 bits per heavy atom. The number of hydrogen-bond donors (Lipinski definition) is 1. The van der Waals surface area contributed by atoms with Gasteiger partial charge in [0.25, 0.3) is 0 Å². The summed E-state index contributed by atoms with van der Waals surface area (Å²) in [4.78, 5) is 25.4. The highest BCUT2D eigenvalue weighted by Crippen LogP contribution is 2.39. The van der Waals surface area contributed by atoms with E-state index in [1.807, 2.05) is 51.1 Å². The summed E-state index contributed by atoms with van der Waals surface area (Å²) in [5.74, 6) is 0.908. The van der Waals surface area contributed by atoms with Crippen LogP contribution in [-0.4, -0.2) is 18.7 Å². The zero-order valence-electron chi connectivity index (χ0n) is 16.3. The summed E-state index contributed by atoms with van der Waals surface area (Å²) in [5.41, 5.74) is 5.10. The van der Waals surface area contributed by atoms with Gasteiger partial charge in [0.15, 0.2) is 0 Å². The lowest BCUT2D eigenvalue weighted by molar-refractivity contribution is 0.0814. The average molecular weight is 375 g/mol. The van der Waals surface area contributed by atoms with Gasteiger partial charge in [-0.05, 0) is 56.2 Å². The van der Waals surface area contributed by atoms with Crippen molar-refractivity contribution < 1.29 is 18.7 Å². The minimum absolute atomic E-state index is 0.378. The van der Waals surface area contributed by atoms with Gasteiger partial charge in [-0.15, -0.1) is 0 Å². The second-order valence-corrected chi connectivity index (χ2v) is 7.08. The lowest BCUT2D eigenvalue weighted by Crippen LogP contribution is -2.21. The first-order chi connectivity index (χ1) is 13.4. The topological polar surface area (TPSA) is 68.5 Å². The molecular weight excluding hydrogens is 354 g/mol. The fraction of sp³-hybridized carbons (Fsp3) is 0.217. The highest BCUT2D eigenvalue weighted by molar-refractivity contribution is 6.53. The van der Waals surface area contributed by atoms with Crippen molar-refractivity contribution in [2.45, 2.75) is 27.3 Å². The quantitative estimate of drug-likeness (QED) is 0.659. The summed E-state index contributed by atoms with van der Waals surface area (Å²) >= 11 is 0. The van der Waals surface area contributed by atoms with Crippen molar-refractivity contribution in [2.75, 3.05) is 12.4 Å². The third-order valence-corrected chi connectivity index (χ3v) is 5.32. The lowest BCUT2D eigenvalue weighted by Gasteiger charge is -2.15. The maximum Gasteiger partial charge on any atom is 0.237 e. The smallest absolute Gasteiger partial charge is 0.237 e. The van der Waals surface area contributed by atoms with Gasteiger partial charge in [-0.25, -0.2) is 0 Å². The monoisotopic (exact) mass is 375 g/mol. The number of benzene rings is 2. The molecule has 1 aliphatic rings. The van der Waals surface area contributed by atoms with Gasteiger partial charge in [0, 0.05) is 28.4 Å². The third-order valence-electron chi connectivity index (χ3n) is 5.32. The fourth-order valence-corrected chi connectivity index (χ4v) is 3.54. The molecule has 0 aliphatic heterocycles. The predicted octanol–water partition coefficient (Wildman–Crippen LogP) is 4.87. The number of nitrogens with one attached hydrogen (secondary N) is 1. The van der Waals surface area contributed by atoms with Crippen LogP contribution in [0.5, 0.6) is 5.75 Å². The second kappa shape index (κ2) is 6.68. The van der Waals surface area contributed by atoms with E-state index in [1.165, 1.54) is 0 Å². The number of anilines is 1. The van der Waals surface area contributed by atoms with Crippen molar-refractivity contribution in [3.05, 3.63) is 70.0 Å². The third kappa shape index (κ3) is 2.80. The van der Waals surface area contributed by atoms with Crippen LogP contribution < -0.4 is 10.1 Å². The van der Waals surface area contributed by atoms with Gasteiger partial charge < -0.3 is 14.5 Å². The largest absolute Gasteiger partial charge is 0.497 e. The minimum atomic E-state index is -0.500. The number of methoxy groups -OCH3 is 1. The Morgan fingerprint density at radius 1 is 0.964 bits per heavy atom. The van der Waals surface area contributed by atoms with Gasteiger partial charge in [0.1, 0.15) is 17.3 Å². The fourth-order valence-electron chi connectivity index (χ4n) is 3.54. The van der Waals surface area contributed by atoms with Crippen LogP contribution >= 0.6 is 0 Å². The molecule has 3 aromatic rings. The van der Waals surface area contributed by atoms with E-state index in [0.717, 1.165) is 22.6 Å². The molecule has 28 heavy (non-hydrogen) atoms. The first-order valence-corrected chi connectivity index (χ1v) is 9.11. The molecule has 1 heterocycles. The number of furan rings is 1. The highest BCUT2D eigenvalue weighted by Gasteiger charge is 2.36. The molecule has 0 saturated carbocycles. The molecule has 0 saturated heterocycles. The summed E-state index contributed by atoms with van der Waals surface area (Å²) in [6.07, 6.45) is 0. The van der Waals surface area contributed by atoms with Crippen molar-refractivity contribution >= 4 is 17.3 Å². The van der Waals surface area contributed by atoms with E-state index in [-0.39, 0.29) is 0 Å². The number of carbonyl (C=O) groups excluding carboxylic acids is 2. The number of rotatable bonds is 4. The normalized spacial score (nSPS) is 12.6. The summed E-state index contributed by atoms with van der Waals surface area (Å²) in [7, 11) is 1.62. The summed E-state index contributed by atoms with van der Waals surface area (Å²) in [5, 5.41) is 3.29. The van der Waals surface area contributed by atoms with Crippen LogP contribution in [0, 0.1) is 20.8 Å². The van der Waals surface area contributed by atoms with Crippen molar-refractivity contribution in [1.82, 2.24) is 0 Å². The van der Waals surface area contributed by atoms with Crippen LogP contribution in [0.15, 0.2) is 40.8 Å². The number of Topliss-reactive ketones (excluding diaryl/α,β-unsaturated/α-hetero) is 2. The zero-order chi connectivity index (χ0) is 20.0. The number of hydrogen-bond acceptors (Lipinski definition) is 5. The van der Waals surface area contributed by atoms with Crippen molar-refractivity contribution in [3.8, 4) is 17.1 Å². The predicted molar refractivity (Wildman–Crippen MR) is 107 cm³/mol. The first-order valence-electron chi connectivity index (χ1n) is 9.11. The minimum Gasteiger partial charge on any atom is -0.497 e. The van der Waals surface area contributed by atoms with Crippen molar-refractivity contribution in [3.63, 3.8) is 0 Å². The molecule has 1 aliphatic carbocycles. The molecular formula is C23H21NO4. The maximum atomic E-state index is 12.7. The van der Waals surface area contributed by atoms with Crippen LogP contribution in [0.25, 0.3) is 11.3 Å².